The van der Waals surface area contributed by atoms with Gasteiger partial charge in [-0.3, -0.25) is 9.98 Å². The second kappa shape index (κ2) is 13.6. The Hall–Kier alpha value is -5.76. The van der Waals surface area contributed by atoms with Gasteiger partial charge in [-0.05, 0) is 83.1 Å². The second-order valence-corrected chi connectivity index (χ2v) is 12.5. The van der Waals surface area contributed by atoms with Crippen molar-refractivity contribution in [3.05, 3.63) is 130 Å². The summed E-state index contributed by atoms with van der Waals surface area (Å²) in [6.07, 6.45) is 2.79. The highest BCUT2D eigenvalue weighted by Crippen LogP contribution is 2.47. The van der Waals surface area contributed by atoms with Gasteiger partial charge in [0.2, 0.25) is 5.75 Å². The van der Waals surface area contributed by atoms with E-state index < -0.39 is 0 Å². The molecule has 0 spiro atoms. The van der Waals surface area contributed by atoms with E-state index in [1.807, 2.05) is 42.5 Å². The minimum atomic E-state index is 0.417. The second-order valence-electron chi connectivity index (χ2n) is 12.5. The van der Waals surface area contributed by atoms with E-state index in [-0.39, 0.29) is 0 Å². The summed E-state index contributed by atoms with van der Waals surface area (Å²) in [6, 6.07) is 30.6. The highest BCUT2D eigenvalue weighted by atomic mass is 16.5. The quantitative estimate of drug-likeness (QED) is 0.181. The van der Waals surface area contributed by atoms with E-state index in [2.05, 4.69) is 48.5 Å². The summed E-state index contributed by atoms with van der Waals surface area (Å²) in [5, 5.41) is 0. The smallest absolute Gasteiger partial charge is 0.204 e. The molecule has 0 saturated heterocycles. The van der Waals surface area contributed by atoms with Crippen LogP contribution in [-0.4, -0.2) is 45.8 Å². The van der Waals surface area contributed by atoms with E-state index >= 15 is 0 Å². The molecule has 0 amide bonds. The Morgan fingerprint density at radius 3 is 2.12 bits per heavy atom. The number of aliphatic imine (C=N–C) groups is 2. The molecule has 0 fully saturated rings. The third-order valence-electron chi connectivity index (χ3n) is 9.41. The highest BCUT2D eigenvalue weighted by Gasteiger charge is 2.28. The molecule has 0 aliphatic carbocycles. The van der Waals surface area contributed by atoms with Crippen molar-refractivity contribution in [1.29, 1.82) is 0 Å². The lowest BCUT2D eigenvalue weighted by Gasteiger charge is -2.25. The van der Waals surface area contributed by atoms with Crippen LogP contribution < -0.4 is 28.4 Å². The van der Waals surface area contributed by atoms with Crippen LogP contribution in [0.4, 0.5) is 0 Å². The van der Waals surface area contributed by atoms with Crippen LogP contribution in [0.3, 0.4) is 0 Å². The number of ether oxygens (including phenoxy) is 6. The number of hydrogen-bond acceptors (Lipinski definition) is 8. The minimum absolute atomic E-state index is 0.417. The molecule has 0 N–H and O–H groups in total. The van der Waals surface area contributed by atoms with Crippen LogP contribution in [0, 0.1) is 0 Å². The number of nitrogens with zero attached hydrogens (tertiary/aromatic N) is 2. The van der Waals surface area contributed by atoms with Gasteiger partial charge < -0.3 is 28.4 Å². The molecule has 252 valence electrons. The van der Waals surface area contributed by atoms with Gasteiger partial charge in [-0.2, -0.15) is 0 Å². The maximum absolute atomic E-state index is 6.70. The number of hydrogen-bond donors (Lipinski definition) is 0. The average Bonchev–Trinajstić information content (AvgIpc) is 3.15. The van der Waals surface area contributed by atoms with E-state index in [0.29, 0.717) is 72.8 Å². The van der Waals surface area contributed by atoms with Gasteiger partial charge in [0.15, 0.2) is 34.5 Å². The SMILES string of the molecule is COc1cc2c3cc1Oc1cc4c(c(OC)c1OC)C(=NCC4)Cc1ccc(cc1)Oc1ccc(cc1OCc1ccccc1)CC3=NCC2. The molecule has 10 bridgehead atoms. The van der Waals surface area contributed by atoms with Gasteiger partial charge in [0, 0.05) is 42.8 Å². The molecule has 7 aliphatic rings. The molecule has 0 saturated carbocycles. The van der Waals surface area contributed by atoms with Crippen molar-refractivity contribution < 1.29 is 28.4 Å². The van der Waals surface area contributed by atoms with Crippen molar-refractivity contribution in [3.8, 4) is 46.0 Å². The lowest BCUT2D eigenvalue weighted by molar-refractivity contribution is 0.291. The molecule has 8 nitrogen and oxygen atoms in total. The highest BCUT2D eigenvalue weighted by molar-refractivity contribution is 6.07. The van der Waals surface area contributed by atoms with Gasteiger partial charge in [0.05, 0.1) is 27.0 Å². The monoisotopic (exact) mass is 666 g/mol. The van der Waals surface area contributed by atoms with Gasteiger partial charge in [-0.25, -0.2) is 0 Å². The lowest BCUT2D eigenvalue weighted by atomic mass is 9.91. The standard InChI is InChI=1S/C42H38N2O6/c1-45-36-22-29-15-17-43-33-20-28-11-14-35(37(21-28)48-25-27-7-5-4-6-8-27)49-31-12-9-26(10-13-31)19-34-40-30(16-18-44-34)23-39(41(46-2)42(40)47-3)50-38(36)24-32(29)33/h4-14,21-24H,15-20,25H2,1-3H3. The summed E-state index contributed by atoms with van der Waals surface area (Å²) in [7, 11) is 4.96. The first-order chi connectivity index (χ1) is 24.6. The van der Waals surface area contributed by atoms with E-state index in [1.165, 1.54) is 0 Å². The molecular weight excluding hydrogens is 628 g/mol. The average molecular weight is 667 g/mol. The number of fused-ring (bicyclic) bond motifs is 1. The van der Waals surface area contributed by atoms with Crippen LogP contribution in [0.5, 0.6) is 46.0 Å². The summed E-state index contributed by atoms with van der Waals surface area (Å²) < 4.78 is 37.5. The Kier molecular flexibility index (Phi) is 8.59. The van der Waals surface area contributed by atoms with Gasteiger partial charge in [-0.1, -0.05) is 48.5 Å². The zero-order chi connectivity index (χ0) is 34.0. The zero-order valence-corrected chi connectivity index (χ0v) is 28.5. The minimum Gasteiger partial charge on any atom is -0.493 e. The van der Waals surface area contributed by atoms with Crippen molar-refractivity contribution in [1.82, 2.24) is 0 Å². The molecule has 12 rings (SSSR count). The Morgan fingerprint density at radius 2 is 1.34 bits per heavy atom. The van der Waals surface area contributed by atoms with Crippen LogP contribution in [-0.2, 0) is 32.3 Å². The molecule has 50 heavy (non-hydrogen) atoms. The Balaban J connectivity index is 1.26. The number of rotatable bonds is 6. The summed E-state index contributed by atoms with van der Waals surface area (Å²) in [5.74, 6) is 4.92. The Bertz CT molecular complexity index is 2120. The first-order valence-electron chi connectivity index (χ1n) is 16.9. The summed E-state index contributed by atoms with van der Waals surface area (Å²) in [4.78, 5) is 9.97. The van der Waals surface area contributed by atoms with Gasteiger partial charge in [0.25, 0.3) is 0 Å². The maximum Gasteiger partial charge on any atom is 0.204 e. The zero-order valence-electron chi connectivity index (χ0n) is 28.5. The van der Waals surface area contributed by atoms with Crippen molar-refractivity contribution in [2.24, 2.45) is 9.98 Å². The first-order valence-corrected chi connectivity index (χ1v) is 16.9. The third kappa shape index (κ3) is 6.13. The number of benzene rings is 5. The van der Waals surface area contributed by atoms with Crippen LogP contribution in [0.1, 0.15) is 38.9 Å². The molecule has 0 aromatic heterocycles. The topological polar surface area (TPSA) is 80.1 Å². The molecular formula is C42H38N2O6. The van der Waals surface area contributed by atoms with E-state index in [1.54, 1.807) is 21.3 Å². The van der Waals surface area contributed by atoms with Gasteiger partial charge in [0.1, 0.15) is 12.4 Å². The summed E-state index contributed by atoms with van der Waals surface area (Å²) in [5.41, 5.74) is 9.38. The largest absolute Gasteiger partial charge is 0.493 e. The van der Waals surface area contributed by atoms with Crippen LogP contribution >= 0.6 is 0 Å². The fraction of sp³-hybridized carbons (Fsp3) is 0.238. The van der Waals surface area contributed by atoms with E-state index in [4.69, 9.17) is 38.4 Å². The molecule has 0 radical (unpaired) electrons. The van der Waals surface area contributed by atoms with Crippen molar-refractivity contribution in [3.63, 3.8) is 0 Å². The van der Waals surface area contributed by atoms with Crippen molar-refractivity contribution in [2.75, 3.05) is 34.4 Å². The normalized spacial score (nSPS) is 14.5. The van der Waals surface area contributed by atoms with Crippen molar-refractivity contribution >= 4 is 11.4 Å². The molecule has 7 aliphatic heterocycles. The fourth-order valence-electron chi connectivity index (χ4n) is 6.95. The van der Waals surface area contributed by atoms with Gasteiger partial charge in [-0.15, -0.1) is 0 Å². The Morgan fingerprint density at radius 1 is 0.600 bits per heavy atom. The van der Waals surface area contributed by atoms with Gasteiger partial charge >= 0.3 is 0 Å². The molecule has 7 heterocycles. The van der Waals surface area contributed by atoms with E-state index in [0.717, 1.165) is 69.0 Å². The molecule has 5 aromatic carbocycles. The lowest BCUT2D eigenvalue weighted by Crippen LogP contribution is -2.18. The molecule has 0 atom stereocenters. The predicted molar refractivity (Wildman–Crippen MR) is 194 cm³/mol. The summed E-state index contributed by atoms with van der Waals surface area (Å²) >= 11 is 0. The van der Waals surface area contributed by atoms with Crippen molar-refractivity contribution in [2.45, 2.75) is 32.3 Å². The van der Waals surface area contributed by atoms with Crippen LogP contribution in [0.15, 0.2) is 101 Å². The summed E-state index contributed by atoms with van der Waals surface area (Å²) in [6.45, 7) is 1.78. The molecule has 5 aromatic rings. The van der Waals surface area contributed by atoms with E-state index in [9.17, 15) is 0 Å². The molecule has 8 heteroatoms. The number of methoxy groups -OCH3 is 3. The van der Waals surface area contributed by atoms with Crippen LogP contribution in [0.2, 0.25) is 0 Å². The first kappa shape index (κ1) is 31.5. The third-order valence-corrected chi connectivity index (χ3v) is 9.41. The molecule has 0 unspecified atom stereocenters. The Labute approximate surface area is 291 Å². The fourth-order valence-corrected chi connectivity index (χ4v) is 6.95. The van der Waals surface area contributed by atoms with Crippen LogP contribution in [0.25, 0.3) is 0 Å². The maximum atomic E-state index is 6.70. The predicted octanol–water partition coefficient (Wildman–Crippen LogP) is 8.37.